The second kappa shape index (κ2) is 5.69. The monoisotopic (exact) mass is 246 g/mol. The summed E-state index contributed by atoms with van der Waals surface area (Å²) in [6, 6.07) is 14.3. The molecule has 0 spiro atoms. The summed E-state index contributed by atoms with van der Waals surface area (Å²) in [4.78, 5) is 4.17. The lowest BCUT2D eigenvalue weighted by atomic mass is 10.1. The zero-order valence-electron chi connectivity index (χ0n) is 9.73. The molecule has 3 heteroatoms. The first-order valence-corrected chi connectivity index (χ1v) is 6.13. The van der Waals surface area contributed by atoms with E-state index in [4.69, 9.17) is 11.6 Å². The molecule has 1 aromatic carbocycles. The normalized spacial score (nSPS) is 12.1. The average Bonchev–Trinajstić information content (AvgIpc) is 2.37. The van der Waals surface area contributed by atoms with Gasteiger partial charge in [-0.2, -0.15) is 0 Å². The van der Waals surface area contributed by atoms with Crippen LogP contribution in [0.15, 0.2) is 48.7 Å². The van der Waals surface area contributed by atoms with Crippen LogP contribution in [-0.2, 0) is 0 Å². The molecule has 2 nitrogen and oxygen atoms in total. The number of hydrogen-bond donors (Lipinski definition) is 1. The van der Waals surface area contributed by atoms with Crippen molar-refractivity contribution in [3.63, 3.8) is 0 Å². The Morgan fingerprint density at radius 1 is 1.24 bits per heavy atom. The molecule has 1 N–H and O–H groups in total. The van der Waals surface area contributed by atoms with Crippen molar-refractivity contribution in [1.29, 1.82) is 0 Å². The molecule has 1 unspecified atom stereocenters. The van der Waals surface area contributed by atoms with E-state index in [1.807, 2.05) is 37.3 Å². The Bertz CT molecular complexity index is 471. The first-order chi connectivity index (χ1) is 8.29. The smallest absolute Gasteiger partial charge is 0.0649 e. The number of aromatic nitrogens is 1. The minimum Gasteiger partial charge on any atom is -0.377 e. The minimum absolute atomic E-state index is 0.125. The molecular formula is C14H15ClN2. The summed E-state index contributed by atoms with van der Waals surface area (Å²) < 4.78 is 0. The van der Waals surface area contributed by atoms with Crippen molar-refractivity contribution in [2.24, 2.45) is 0 Å². The van der Waals surface area contributed by atoms with E-state index < -0.39 is 0 Å². The van der Waals surface area contributed by atoms with Gasteiger partial charge in [-0.05, 0) is 24.6 Å². The number of pyridine rings is 1. The topological polar surface area (TPSA) is 24.9 Å². The molecular weight excluding hydrogens is 232 g/mol. The maximum atomic E-state index is 6.01. The van der Waals surface area contributed by atoms with Gasteiger partial charge in [-0.3, -0.25) is 4.98 Å². The second-order valence-electron chi connectivity index (χ2n) is 3.95. The van der Waals surface area contributed by atoms with Gasteiger partial charge in [0, 0.05) is 23.5 Å². The first-order valence-electron chi connectivity index (χ1n) is 5.59. The Labute approximate surface area is 107 Å². The van der Waals surface area contributed by atoms with Crippen molar-refractivity contribution >= 4 is 17.3 Å². The number of nitrogens with zero attached hydrogens (tertiary/aromatic N) is 1. The van der Waals surface area contributed by atoms with Crippen molar-refractivity contribution < 1.29 is 0 Å². The minimum atomic E-state index is 0.125. The lowest BCUT2D eigenvalue weighted by Gasteiger charge is -2.17. The number of benzene rings is 1. The molecule has 0 amide bonds. The number of hydrogen-bond acceptors (Lipinski definition) is 2. The van der Waals surface area contributed by atoms with E-state index >= 15 is 0 Å². The van der Waals surface area contributed by atoms with Gasteiger partial charge in [0.2, 0.25) is 0 Å². The Morgan fingerprint density at radius 3 is 2.65 bits per heavy atom. The molecule has 0 saturated carbocycles. The van der Waals surface area contributed by atoms with Crippen LogP contribution in [0.5, 0.6) is 0 Å². The summed E-state index contributed by atoms with van der Waals surface area (Å²) in [5.74, 6) is 0.533. The van der Waals surface area contributed by atoms with Gasteiger partial charge < -0.3 is 5.32 Å². The molecule has 88 valence electrons. The molecule has 1 heterocycles. The number of anilines is 1. The van der Waals surface area contributed by atoms with Crippen molar-refractivity contribution in [1.82, 2.24) is 4.98 Å². The highest BCUT2D eigenvalue weighted by atomic mass is 35.5. The van der Waals surface area contributed by atoms with E-state index in [1.54, 1.807) is 6.20 Å². The number of aryl methyl sites for hydroxylation is 1. The van der Waals surface area contributed by atoms with E-state index in [1.165, 1.54) is 5.56 Å². The third-order valence-corrected chi connectivity index (χ3v) is 2.90. The SMILES string of the molecule is Cc1cc(NC(CCl)c2ccccc2)ccn1. The van der Waals surface area contributed by atoms with Crippen LogP contribution in [0, 0.1) is 6.92 Å². The standard InChI is InChI=1S/C14H15ClN2/c1-11-9-13(7-8-16-11)17-14(10-15)12-5-3-2-4-6-12/h2-9,14H,10H2,1H3,(H,16,17). The molecule has 0 aliphatic carbocycles. The fraction of sp³-hybridized carbons (Fsp3) is 0.214. The van der Waals surface area contributed by atoms with Crippen LogP contribution >= 0.6 is 11.6 Å². The number of alkyl halides is 1. The van der Waals surface area contributed by atoms with Crippen molar-refractivity contribution in [3.05, 3.63) is 59.9 Å². The average molecular weight is 247 g/mol. The molecule has 2 aromatic rings. The van der Waals surface area contributed by atoms with Crippen LogP contribution in [0.3, 0.4) is 0 Å². The number of halogens is 1. The lowest BCUT2D eigenvalue weighted by molar-refractivity contribution is 0.891. The van der Waals surface area contributed by atoms with Gasteiger partial charge in [0.05, 0.1) is 6.04 Å². The van der Waals surface area contributed by atoms with Crippen LogP contribution in [-0.4, -0.2) is 10.9 Å². The van der Waals surface area contributed by atoms with Gasteiger partial charge in [0.1, 0.15) is 0 Å². The zero-order chi connectivity index (χ0) is 12.1. The fourth-order valence-electron chi connectivity index (χ4n) is 1.73. The van der Waals surface area contributed by atoms with E-state index in [9.17, 15) is 0 Å². The van der Waals surface area contributed by atoms with Gasteiger partial charge in [0.15, 0.2) is 0 Å². The summed E-state index contributed by atoms with van der Waals surface area (Å²) in [6.45, 7) is 1.98. The van der Waals surface area contributed by atoms with Gasteiger partial charge >= 0.3 is 0 Å². The van der Waals surface area contributed by atoms with Crippen molar-refractivity contribution in [3.8, 4) is 0 Å². The van der Waals surface area contributed by atoms with E-state index in [0.717, 1.165) is 11.4 Å². The van der Waals surface area contributed by atoms with Crippen molar-refractivity contribution in [2.75, 3.05) is 11.2 Å². The highest BCUT2D eigenvalue weighted by Gasteiger charge is 2.09. The van der Waals surface area contributed by atoms with E-state index in [2.05, 4.69) is 22.4 Å². The Hall–Kier alpha value is -1.54. The van der Waals surface area contributed by atoms with E-state index in [-0.39, 0.29) is 6.04 Å². The van der Waals surface area contributed by atoms with Crippen molar-refractivity contribution in [2.45, 2.75) is 13.0 Å². The maximum absolute atomic E-state index is 6.01. The highest BCUT2D eigenvalue weighted by molar-refractivity contribution is 6.18. The van der Waals surface area contributed by atoms with Gasteiger partial charge in [-0.25, -0.2) is 0 Å². The van der Waals surface area contributed by atoms with Crippen LogP contribution in [0.1, 0.15) is 17.3 Å². The predicted octanol–water partition coefficient (Wildman–Crippen LogP) is 3.78. The van der Waals surface area contributed by atoms with Gasteiger partial charge in [-0.15, -0.1) is 11.6 Å². The Kier molecular flexibility index (Phi) is 3.99. The Balaban J connectivity index is 2.16. The first kappa shape index (κ1) is 11.9. The summed E-state index contributed by atoms with van der Waals surface area (Å²) in [7, 11) is 0. The largest absolute Gasteiger partial charge is 0.377 e. The maximum Gasteiger partial charge on any atom is 0.0649 e. The fourth-order valence-corrected chi connectivity index (χ4v) is 1.99. The van der Waals surface area contributed by atoms with E-state index in [0.29, 0.717) is 5.88 Å². The highest BCUT2D eigenvalue weighted by Crippen LogP contribution is 2.20. The number of nitrogens with one attached hydrogen (secondary N) is 1. The van der Waals surface area contributed by atoms with Gasteiger partial charge in [-0.1, -0.05) is 30.3 Å². The molecule has 1 atom stereocenters. The van der Waals surface area contributed by atoms with Crippen LogP contribution in [0.25, 0.3) is 0 Å². The molecule has 1 aromatic heterocycles. The molecule has 2 rings (SSSR count). The van der Waals surface area contributed by atoms with Crippen LogP contribution < -0.4 is 5.32 Å². The van der Waals surface area contributed by atoms with Gasteiger partial charge in [0.25, 0.3) is 0 Å². The molecule has 0 saturated heterocycles. The third-order valence-electron chi connectivity index (χ3n) is 2.59. The molecule has 0 aliphatic rings. The molecule has 17 heavy (non-hydrogen) atoms. The summed E-state index contributed by atoms with van der Waals surface area (Å²) >= 11 is 6.01. The summed E-state index contributed by atoms with van der Waals surface area (Å²) in [5.41, 5.74) is 3.24. The summed E-state index contributed by atoms with van der Waals surface area (Å²) in [6.07, 6.45) is 1.80. The Morgan fingerprint density at radius 2 is 2.00 bits per heavy atom. The quantitative estimate of drug-likeness (QED) is 0.831. The molecule has 0 radical (unpaired) electrons. The molecule has 0 bridgehead atoms. The zero-order valence-corrected chi connectivity index (χ0v) is 10.5. The van der Waals surface area contributed by atoms with Crippen LogP contribution in [0.4, 0.5) is 5.69 Å². The number of rotatable bonds is 4. The predicted molar refractivity (Wildman–Crippen MR) is 72.5 cm³/mol. The second-order valence-corrected chi connectivity index (χ2v) is 4.26. The lowest BCUT2D eigenvalue weighted by Crippen LogP contribution is -2.12. The summed E-state index contributed by atoms with van der Waals surface area (Å²) in [5, 5.41) is 3.41. The molecule has 0 aliphatic heterocycles. The molecule has 0 fully saturated rings. The third kappa shape index (κ3) is 3.21. The van der Waals surface area contributed by atoms with Crippen LogP contribution in [0.2, 0.25) is 0 Å².